The molecular formula is C34H58O4. The molecule has 4 heteroatoms. The van der Waals surface area contributed by atoms with Crippen LogP contribution in [-0.4, -0.2) is 32.1 Å². The van der Waals surface area contributed by atoms with E-state index in [0.29, 0.717) is 17.8 Å². The molecule has 8 atom stereocenters. The minimum absolute atomic E-state index is 0.00688. The van der Waals surface area contributed by atoms with Gasteiger partial charge >= 0.3 is 5.97 Å². The van der Waals surface area contributed by atoms with Crippen LogP contribution in [0.1, 0.15) is 125 Å². The molecule has 0 aromatic heterocycles. The third-order valence-corrected chi connectivity index (χ3v) is 10.6. The standard InChI is InChI=1S/C34H58O4/c1-8-25(3)28-20-21-34(6)30(26(4)13-9-10-14-32(35)36-7)18-19-31(34)29(28)17-16-24(2)23-27(5)38-33-15-11-12-22-37-33/h13,16,25,27-31,33H,8-12,14-15,17-23H2,1-7H3/b24-16+,26-13+/t25-,27-,28?,29?,30+,31?,33?,34+/m0/s1. The van der Waals surface area contributed by atoms with Crippen LogP contribution in [0.3, 0.4) is 0 Å². The summed E-state index contributed by atoms with van der Waals surface area (Å²) >= 11 is 0. The molecule has 0 radical (unpaired) electrons. The van der Waals surface area contributed by atoms with Crippen LogP contribution < -0.4 is 0 Å². The Morgan fingerprint density at radius 2 is 1.89 bits per heavy atom. The van der Waals surface area contributed by atoms with E-state index in [1.165, 1.54) is 57.6 Å². The predicted octanol–water partition coefficient (Wildman–Crippen LogP) is 9.04. The largest absolute Gasteiger partial charge is 0.469 e. The van der Waals surface area contributed by atoms with E-state index in [1.807, 2.05) is 0 Å². The van der Waals surface area contributed by atoms with Gasteiger partial charge in [0.15, 0.2) is 6.29 Å². The average molecular weight is 531 g/mol. The van der Waals surface area contributed by atoms with E-state index in [4.69, 9.17) is 14.2 Å². The summed E-state index contributed by atoms with van der Waals surface area (Å²) < 4.78 is 16.8. The summed E-state index contributed by atoms with van der Waals surface area (Å²) in [5.74, 6) is 3.77. The number of methoxy groups -OCH3 is 1. The number of hydrogen-bond acceptors (Lipinski definition) is 4. The van der Waals surface area contributed by atoms with E-state index < -0.39 is 0 Å². The van der Waals surface area contributed by atoms with E-state index in [-0.39, 0.29) is 18.4 Å². The smallest absolute Gasteiger partial charge is 0.305 e. The number of carbonyl (C=O) groups is 1. The van der Waals surface area contributed by atoms with Gasteiger partial charge in [-0.1, -0.05) is 50.5 Å². The Morgan fingerprint density at radius 3 is 2.58 bits per heavy atom. The third-order valence-electron chi connectivity index (χ3n) is 10.6. The van der Waals surface area contributed by atoms with Crippen molar-refractivity contribution in [1.29, 1.82) is 0 Å². The average Bonchev–Trinajstić information content (AvgIpc) is 3.26. The summed E-state index contributed by atoms with van der Waals surface area (Å²) in [7, 11) is 1.48. The van der Waals surface area contributed by atoms with Crippen molar-refractivity contribution in [1.82, 2.24) is 0 Å². The second kappa shape index (κ2) is 15.0. The molecule has 3 fully saturated rings. The van der Waals surface area contributed by atoms with E-state index in [1.54, 1.807) is 5.57 Å². The molecule has 2 saturated carbocycles. The molecular weight excluding hydrogens is 472 g/mol. The molecule has 4 nitrogen and oxygen atoms in total. The molecule has 4 unspecified atom stereocenters. The minimum Gasteiger partial charge on any atom is -0.469 e. The fourth-order valence-corrected chi connectivity index (χ4v) is 8.23. The summed E-state index contributed by atoms with van der Waals surface area (Å²) in [5.41, 5.74) is 3.43. The van der Waals surface area contributed by atoms with Gasteiger partial charge < -0.3 is 14.2 Å². The minimum atomic E-state index is -0.0956. The zero-order valence-electron chi connectivity index (χ0n) is 25.7. The Bertz CT molecular complexity index is 794. The monoisotopic (exact) mass is 530 g/mol. The molecule has 3 aliphatic rings. The van der Waals surface area contributed by atoms with Crippen molar-refractivity contribution in [2.75, 3.05) is 13.7 Å². The molecule has 38 heavy (non-hydrogen) atoms. The Morgan fingerprint density at radius 1 is 1.11 bits per heavy atom. The number of hydrogen-bond donors (Lipinski definition) is 0. The summed E-state index contributed by atoms with van der Waals surface area (Å²) in [4.78, 5) is 11.5. The van der Waals surface area contributed by atoms with Crippen molar-refractivity contribution in [3.63, 3.8) is 0 Å². The van der Waals surface area contributed by atoms with Gasteiger partial charge in [-0.15, -0.1) is 0 Å². The van der Waals surface area contributed by atoms with Crippen molar-refractivity contribution in [2.45, 2.75) is 137 Å². The molecule has 0 N–H and O–H groups in total. The van der Waals surface area contributed by atoms with Gasteiger partial charge in [-0.3, -0.25) is 4.79 Å². The molecule has 1 saturated heterocycles. The Labute approximate surface area is 234 Å². The van der Waals surface area contributed by atoms with Crippen LogP contribution in [0, 0.1) is 35.0 Å². The van der Waals surface area contributed by atoms with Crippen molar-refractivity contribution in [3.8, 4) is 0 Å². The molecule has 218 valence electrons. The third kappa shape index (κ3) is 8.19. The van der Waals surface area contributed by atoms with Crippen LogP contribution in [0.15, 0.2) is 23.3 Å². The van der Waals surface area contributed by atoms with Crippen molar-refractivity contribution < 1.29 is 19.0 Å². The first-order valence-electron chi connectivity index (χ1n) is 15.9. The maximum absolute atomic E-state index is 11.5. The fourth-order valence-electron chi connectivity index (χ4n) is 8.23. The summed E-state index contributed by atoms with van der Waals surface area (Å²) in [5, 5.41) is 0. The molecule has 0 amide bonds. The van der Waals surface area contributed by atoms with Crippen LogP contribution in [0.5, 0.6) is 0 Å². The Balaban J connectivity index is 1.65. The number of carbonyl (C=O) groups excluding carboxylic acids is 1. The molecule has 0 bridgehead atoms. The van der Waals surface area contributed by atoms with E-state index in [0.717, 1.165) is 62.4 Å². The van der Waals surface area contributed by atoms with Gasteiger partial charge in [0, 0.05) is 13.0 Å². The van der Waals surface area contributed by atoms with Crippen LogP contribution in [0.2, 0.25) is 0 Å². The zero-order chi connectivity index (χ0) is 27.7. The van der Waals surface area contributed by atoms with Crippen molar-refractivity contribution in [2.24, 2.45) is 35.0 Å². The normalized spacial score (nSPS) is 34.0. The lowest BCUT2D eigenvalue weighted by atomic mass is 9.54. The second-order valence-corrected chi connectivity index (χ2v) is 13.1. The number of esters is 1. The highest BCUT2D eigenvalue weighted by molar-refractivity contribution is 5.69. The highest BCUT2D eigenvalue weighted by atomic mass is 16.7. The zero-order valence-corrected chi connectivity index (χ0v) is 25.7. The van der Waals surface area contributed by atoms with E-state index in [2.05, 4.69) is 53.7 Å². The lowest BCUT2D eigenvalue weighted by Crippen LogP contribution is -2.43. The summed E-state index contributed by atoms with van der Waals surface area (Å²) in [6.45, 7) is 15.2. The maximum Gasteiger partial charge on any atom is 0.305 e. The van der Waals surface area contributed by atoms with Gasteiger partial charge in [-0.25, -0.2) is 0 Å². The highest BCUT2D eigenvalue weighted by Crippen LogP contribution is 2.62. The highest BCUT2D eigenvalue weighted by Gasteiger charge is 2.54. The Kier molecular flexibility index (Phi) is 12.4. The first-order valence-corrected chi connectivity index (χ1v) is 15.9. The SMILES string of the molecule is CC[C@H](C)C1CC[C@@]2(C)C(CC[C@@H]2/C(C)=C/CCCC(=O)OC)C1C/C=C(\C)C[C@H](C)OC1CCCCO1. The lowest BCUT2D eigenvalue weighted by molar-refractivity contribution is -0.183. The van der Waals surface area contributed by atoms with Gasteiger partial charge in [-0.05, 0) is 126 Å². The molecule has 1 heterocycles. The van der Waals surface area contributed by atoms with Gasteiger partial charge in [0.2, 0.25) is 0 Å². The number of fused-ring (bicyclic) bond motifs is 1. The Hall–Kier alpha value is -1.13. The van der Waals surface area contributed by atoms with Gasteiger partial charge in [0.05, 0.1) is 13.2 Å². The first-order chi connectivity index (χ1) is 18.2. The number of rotatable bonds is 13. The molecule has 0 aromatic carbocycles. The molecule has 0 aromatic rings. The van der Waals surface area contributed by atoms with Gasteiger partial charge in [0.1, 0.15) is 0 Å². The van der Waals surface area contributed by atoms with E-state index >= 15 is 0 Å². The van der Waals surface area contributed by atoms with Crippen LogP contribution in [0.25, 0.3) is 0 Å². The topological polar surface area (TPSA) is 44.8 Å². The quantitative estimate of drug-likeness (QED) is 0.135. The second-order valence-electron chi connectivity index (χ2n) is 13.1. The molecule has 1 aliphatic heterocycles. The summed E-state index contributed by atoms with van der Waals surface area (Å²) in [6.07, 6.45) is 19.9. The first kappa shape index (κ1) is 31.4. The van der Waals surface area contributed by atoms with Crippen LogP contribution in [0.4, 0.5) is 0 Å². The molecule has 3 rings (SSSR count). The maximum atomic E-state index is 11.5. The van der Waals surface area contributed by atoms with Crippen molar-refractivity contribution >= 4 is 5.97 Å². The predicted molar refractivity (Wildman–Crippen MR) is 157 cm³/mol. The van der Waals surface area contributed by atoms with Crippen LogP contribution >= 0.6 is 0 Å². The summed E-state index contributed by atoms with van der Waals surface area (Å²) in [6, 6.07) is 0. The number of ether oxygens (including phenoxy) is 3. The van der Waals surface area contributed by atoms with Gasteiger partial charge in [-0.2, -0.15) is 0 Å². The van der Waals surface area contributed by atoms with Crippen molar-refractivity contribution in [3.05, 3.63) is 23.3 Å². The van der Waals surface area contributed by atoms with E-state index in [9.17, 15) is 4.79 Å². The molecule has 2 aliphatic carbocycles. The number of allylic oxidation sites excluding steroid dienone is 3. The van der Waals surface area contributed by atoms with Gasteiger partial charge in [0.25, 0.3) is 0 Å². The van der Waals surface area contributed by atoms with Crippen LogP contribution in [-0.2, 0) is 19.0 Å². The fraction of sp³-hybridized carbons (Fsp3) is 0.853. The molecule has 0 spiro atoms. The number of unbranched alkanes of at least 4 members (excludes halogenated alkanes) is 1. The lowest BCUT2D eigenvalue weighted by Gasteiger charge is -2.50.